The number of hydrogen-bond donors (Lipinski definition) is 2. The lowest BCUT2D eigenvalue weighted by atomic mass is 9.87. The zero-order valence-corrected chi connectivity index (χ0v) is 46.1. The zero-order chi connectivity index (χ0) is 52.9. The molecule has 0 spiro atoms. The number of hydrogen-bond acceptors (Lipinski definition) is 6. The van der Waals surface area contributed by atoms with Crippen molar-refractivity contribution in [3.63, 3.8) is 0 Å². The number of methoxy groups -OCH3 is 4. The number of nitrogens with one attached hydrogen (secondary N) is 2. The predicted molar refractivity (Wildman–Crippen MR) is 311 cm³/mol. The van der Waals surface area contributed by atoms with Crippen molar-refractivity contribution in [2.45, 2.75) is 32.6 Å². The van der Waals surface area contributed by atoms with Gasteiger partial charge in [0.2, 0.25) is 0 Å². The van der Waals surface area contributed by atoms with E-state index in [1.165, 1.54) is 11.3 Å². The summed E-state index contributed by atoms with van der Waals surface area (Å²) in [5.74, 6) is 2.66. The van der Waals surface area contributed by atoms with Crippen LogP contribution in [0.1, 0.15) is 55.5 Å². The highest BCUT2D eigenvalue weighted by Gasteiger charge is 2.58. The summed E-state index contributed by atoms with van der Waals surface area (Å²) in [5.41, 5.74) is 18.8. The summed E-state index contributed by atoms with van der Waals surface area (Å²) >= 11 is 0. The third-order valence-electron chi connectivity index (χ3n) is 15.6. The molecule has 380 valence electrons. The third kappa shape index (κ3) is 8.66. The Labute approximate surface area is 436 Å². The molecule has 0 radical (unpaired) electrons. The third-order valence-corrected chi connectivity index (χ3v) is 15.6. The lowest BCUT2D eigenvalue weighted by Crippen LogP contribution is -2.37. The fourth-order valence-electron chi connectivity index (χ4n) is 10.8. The van der Waals surface area contributed by atoms with E-state index in [1.807, 2.05) is 36.4 Å². The Balaban J connectivity index is 1.44. The first kappa shape index (κ1) is 50.1. The molecule has 3 aromatic heterocycles. The van der Waals surface area contributed by atoms with Crippen LogP contribution in [0.3, 0.4) is 0 Å². The molecule has 2 N–H and O–H groups in total. The quantitative estimate of drug-likeness (QED) is 0.118. The molecular weight excluding hydrogens is 919 g/mol. The van der Waals surface area contributed by atoms with E-state index in [9.17, 15) is 0 Å². The van der Waals surface area contributed by atoms with Crippen LogP contribution in [0, 0.1) is 5.41 Å². The average molecular weight is 991 g/mol. The van der Waals surface area contributed by atoms with Gasteiger partial charge < -0.3 is 28.9 Å². The molecular formula is C63H72N7O4+3. The van der Waals surface area contributed by atoms with Gasteiger partial charge in [0.25, 0.3) is 0 Å². The van der Waals surface area contributed by atoms with Crippen LogP contribution in [0.15, 0.2) is 97.1 Å². The van der Waals surface area contributed by atoms with Gasteiger partial charge in [-0.05, 0) is 113 Å². The Bertz CT molecular complexity index is 3520. The molecule has 1 fully saturated rings. The van der Waals surface area contributed by atoms with Gasteiger partial charge in [0, 0.05) is 68.6 Å². The number of benzene rings is 4. The van der Waals surface area contributed by atoms with Crippen LogP contribution in [0.4, 0.5) is 17.1 Å². The molecule has 1 aliphatic carbocycles. The van der Waals surface area contributed by atoms with Gasteiger partial charge in [-0.15, -0.1) is 0 Å². The van der Waals surface area contributed by atoms with Gasteiger partial charge in [-0.2, -0.15) is 0 Å². The first-order valence-corrected chi connectivity index (χ1v) is 25.3. The van der Waals surface area contributed by atoms with Crippen molar-refractivity contribution in [2.75, 3.05) is 91.9 Å². The topological polar surface area (TPSA) is 94.3 Å². The lowest BCUT2D eigenvalue weighted by molar-refractivity contribution is 0.397. The SMILES string of the molecule is COc1cccc(OC)c1-c1c2nc(c(-c3cc([N+](C)(C)C)cc([N+](C)(C)C)c3)c3ccc([nH]3)c(-c3c(OC)cccc3OC)c3nc(c(-c4cc(C5(C)CC5(C)C)cc([N+](C)(C)C)c4)c4ccc1[nH]4)C=C3)C=C2. The van der Waals surface area contributed by atoms with Crippen molar-refractivity contribution in [1.82, 2.24) is 33.4 Å². The van der Waals surface area contributed by atoms with E-state index in [2.05, 4.69) is 179 Å². The van der Waals surface area contributed by atoms with Crippen LogP contribution in [-0.4, -0.2) is 112 Å². The maximum atomic E-state index is 6.19. The van der Waals surface area contributed by atoms with Crippen LogP contribution < -0.4 is 32.4 Å². The number of rotatable bonds is 12. The standard InChI is InChI=1S/C63H72N7O4/c1-62(2)37-63(62,3)40-31-38(32-41(35-40)68(4,5)6)56-44-23-27-48(64-44)58(60-52(71-13)19-17-20-53(60)72-14)50-29-25-46(66-50)57(39-33-42(69(7,8)9)36-43(34-39)70(10,11)12)47-26-30-51(67-47)59(49-28-24-45(56)65-49)61-54(73-15)21-18-22-55(61)74-16/h17-36,64,67H,37H2,1-16H3/q+3. The van der Waals surface area contributed by atoms with E-state index in [0.29, 0.717) is 36.4 Å². The summed E-state index contributed by atoms with van der Waals surface area (Å²) in [5, 5.41) is 0. The number of aromatic amines is 2. The first-order chi connectivity index (χ1) is 35.0. The summed E-state index contributed by atoms with van der Waals surface area (Å²) in [4.78, 5) is 19.3. The van der Waals surface area contributed by atoms with Gasteiger partial charge in [0.15, 0.2) is 0 Å². The minimum absolute atomic E-state index is 0.00300. The summed E-state index contributed by atoms with van der Waals surface area (Å²) in [6, 6.07) is 34.5. The number of fused-ring (bicyclic) bond motifs is 8. The number of quaternary nitrogens is 3. The normalized spacial score (nSPS) is 16.1. The molecule has 1 saturated carbocycles. The molecule has 11 heteroatoms. The van der Waals surface area contributed by atoms with Crippen molar-refractivity contribution in [1.29, 1.82) is 0 Å². The average Bonchev–Trinajstić information content (AvgIpc) is 4.10. The van der Waals surface area contributed by atoms with E-state index in [-0.39, 0.29) is 10.8 Å². The van der Waals surface area contributed by atoms with Crippen LogP contribution in [0.2, 0.25) is 0 Å². The summed E-state index contributed by atoms with van der Waals surface area (Å²) in [6.07, 6.45) is 9.62. The van der Waals surface area contributed by atoms with E-state index in [0.717, 1.165) is 107 Å². The minimum Gasteiger partial charge on any atom is -0.496 e. The first-order valence-electron chi connectivity index (χ1n) is 25.3. The maximum absolute atomic E-state index is 6.19. The maximum Gasteiger partial charge on any atom is 0.138 e. The van der Waals surface area contributed by atoms with Crippen molar-refractivity contribution in [3.05, 3.63) is 125 Å². The van der Waals surface area contributed by atoms with Crippen LogP contribution in [-0.2, 0) is 5.41 Å². The van der Waals surface area contributed by atoms with Crippen molar-refractivity contribution in [3.8, 4) is 67.5 Å². The number of nitrogens with zero attached hydrogens (tertiary/aromatic N) is 5. The van der Waals surface area contributed by atoms with Crippen molar-refractivity contribution >= 4 is 63.4 Å². The Kier molecular flexibility index (Phi) is 12.1. The molecule has 11 nitrogen and oxygen atoms in total. The van der Waals surface area contributed by atoms with Crippen molar-refractivity contribution < 1.29 is 18.9 Å². The summed E-state index contributed by atoms with van der Waals surface area (Å²) < 4.78 is 26.6. The lowest BCUT2D eigenvalue weighted by Gasteiger charge is -2.28. The highest BCUT2D eigenvalue weighted by molar-refractivity contribution is 6.02. The second-order valence-corrected chi connectivity index (χ2v) is 23.5. The van der Waals surface area contributed by atoms with Gasteiger partial charge >= 0.3 is 0 Å². The monoisotopic (exact) mass is 991 g/mol. The Hall–Kier alpha value is -7.44. The van der Waals surface area contributed by atoms with E-state index >= 15 is 0 Å². The Morgan fingerprint density at radius 2 is 0.716 bits per heavy atom. The molecule has 1 atom stereocenters. The van der Waals surface area contributed by atoms with E-state index in [1.54, 1.807) is 28.4 Å². The Morgan fingerprint density at radius 3 is 1.04 bits per heavy atom. The number of H-pyrrole nitrogens is 2. The largest absolute Gasteiger partial charge is 0.496 e. The molecule has 5 heterocycles. The second kappa shape index (κ2) is 17.9. The molecule has 0 saturated heterocycles. The fraction of sp³-hybridized carbons (Fsp3) is 0.302. The molecule has 0 amide bonds. The van der Waals surface area contributed by atoms with Crippen LogP contribution >= 0.6 is 0 Å². The smallest absolute Gasteiger partial charge is 0.138 e. The molecule has 4 aromatic carbocycles. The van der Waals surface area contributed by atoms with Gasteiger partial charge in [0.05, 0.1) is 132 Å². The second-order valence-electron chi connectivity index (χ2n) is 23.5. The molecule has 2 aliphatic heterocycles. The van der Waals surface area contributed by atoms with Gasteiger partial charge in [-0.3, -0.25) is 13.4 Å². The molecule has 7 aromatic rings. The van der Waals surface area contributed by atoms with Gasteiger partial charge in [-0.25, -0.2) is 9.97 Å². The Morgan fingerprint density at radius 1 is 0.405 bits per heavy atom. The van der Waals surface area contributed by atoms with Crippen LogP contribution in [0.5, 0.6) is 23.0 Å². The molecule has 8 bridgehead atoms. The molecule has 1 unspecified atom stereocenters. The van der Waals surface area contributed by atoms with Gasteiger partial charge in [-0.1, -0.05) is 32.9 Å². The number of aromatic nitrogens is 4. The molecule has 10 rings (SSSR count). The molecule has 3 aliphatic rings. The highest BCUT2D eigenvalue weighted by atomic mass is 16.5. The number of ether oxygens (including phenoxy) is 4. The fourth-order valence-corrected chi connectivity index (χ4v) is 10.8. The predicted octanol–water partition coefficient (Wildman–Crippen LogP) is 13.6. The van der Waals surface area contributed by atoms with Gasteiger partial charge in [0.1, 0.15) is 40.1 Å². The van der Waals surface area contributed by atoms with E-state index in [4.69, 9.17) is 28.9 Å². The highest BCUT2D eigenvalue weighted by Crippen LogP contribution is 2.64. The zero-order valence-electron chi connectivity index (χ0n) is 46.1. The van der Waals surface area contributed by atoms with Crippen LogP contribution in [0.25, 0.3) is 90.9 Å². The summed E-state index contributed by atoms with van der Waals surface area (Å²) in [6.45, 7) is 7.16. The van der Waals surface area contributed by atoms with Crippen molar-refractivity contribution in [2.24, 2.45) is 5.41 Å². The minimum atomic E-state index is 0.00300. The summed E-state index contributed by atoms with van der Waals surface area (Å²) in [7, 11) is 26.8. The molecule has 74 heavy (non-hydrogen) atoms. The van der Waals surface area contributed by atoms with E-state index < -0.39 is 0 Å².